The number of nitro benzene ring substituents is 1. The van der Waals surface area contributed by atoms with Crippen LogP contribution in [0.15, 0.2) is 36.1 Å². The number of ketones is 1. The summed E-state index contributed by atoms with van der Waals surface area (Å²) in [6, 6.07) is 8.39. The summed E-state index contributed by atoms with van der Waals surface area (Å²) in [5.74, 6) is -0.128. The minimum absolute atomic E-state index is 0.0298. The fourth-order valence-electron chi connectivity index (χ4n) is 3.13. The molecule has 6 heteroatoms. The standard InChI is InChI=1S/C23H27NO4S/c1-4-5-6-7-8-19-15-22(23(16(2)25)17(3)26)29-21(19)14-11-18-9-12-20(13-10-18)24(27)28/h9-15,25H,4-8H2,1-3H3/b14-11+,23-16+. The highest BCUT2D eigenvalue weighted by Gasteiger charge is 2.16. The molecule has 1 aromatic carbocycles. The molecule has 5 nitrogen and oxygen atoms in total. The van der Waals surface area contributed by atoms with Crippen molar-refractivity contribution in [2.75, 3.05) is 0 Å². The van der Waals surface area contributed by atoms with Gasteiger partial charge in [-0.05, 0) is 62.1 Å². The molecule has 154 valence electrons. The Balaban J connectivity index is 2.32. The Kier molecular flexibility index (Phi) is 8.34. The molecule has 0 atom stereocenters. The molecule has 0 spiro atoms. The van der Waals surface area contributed by atoms with Crippen LogP contribution >= 0.6 is 11.3 Å². The van der Waals surface area contributed by atoms with Gasteiger partial charge in [0.2, 0.25) is 0 Å². The minimum Gasteiger partial charge on any atom is -0.512 e. The van der Waals surface area contributed by atoms with Crippen LogP contribution in [0.3, 0.4) is 0 Å². The predicted octanol–water partition coefficient (Wildman–Crippen LogP) is 6.83. The van der Waals surface area contributed by atoms with Crippen molar-refractivity contribution >= 4 is 40.5 Å². The van der Waals surface area contributed by atoms with E-state index in [1.165, 1.54) is 50.2 Å². The number of unbranched alkanes of at least 4 members (excludes halogenated alkanes) is 3. The van der Waals surface area contributed by atoms with Gasteiger partial charge in [-0.1, -0.05) is 32.3 Å². The Hall–Kier alpha value is -2.73. The smallest absolute Gasteiger partial charge is 0.269 e. The van der Waals surface area contributed by atoms with Gasteiger partial charge in [0.1, 0.15) is 5.76 Å². The molecule has 1 heterocycles. The Labute approximate surface area is 175 Å². The summed E-state index contributed by atoms with van der Waals surface area (Å²) < 4.78 is 0. The maximum absolute atomic E-state index is 12.0. The number of aliphatic hydroxyl groups is 1. The molecule has 2 aromatic rings. The monoisotopic (exact) mass is 413 g/mol. The normalized spacial score (nSPS) is 12.2. The van der Waals surface area contributed by atoms with Crippen LogP contribution in [0.1, 0.15) is 67.3 Å². The molecule has 0 aliphatic rings. The van der Waals surface area contributed by atoms with Crippen molar-refractivity contribution in [1.82, 2.24) is 0 Å². The summed E-state index contributed by atoms with van der Waals surface area (Å²) in [6.45, 7) is 5.17. The van der Waals surface area contributed by atoms with Crippen molar-refractivity contribution < 1.29 is 14.8 Å². The van der Waals surface area contributed by atoms with Crippen molar-refractivity contribution in [2.45, 2.75) is 52.9 Å². The lowest BCUT2D eigenvalue weighted by atomic mass is 10.0. The van der Waals surface area contributed by atoms with E-state index in [1.54, 1.807) is 12.1 Å². The Bertz CT molecular complexity index is 919. The van der Waals surface area contributed by atoms with Crippen molar-refractivity contribution in [3.05, 3.63) is 67.1 Å². The summed E-state index contributed by atoms with van der Waals surface area (Å²) in [6.07, 6.45) is 9.39. The number of carbonyl (C=O) groups is 1. The molecule has 0 aliphatic carbocycles. The highest BCUT2D eigenvalue weighted by Crippen LogP contribution is 2.33. The molecule has 0 bridgehead atoms. The van der Waals surface area contributed by atoms with E-state index in [9.17, 15) is 20.0 Å². The summed E-state index contributed by atoms with van der Waals surface area (Å²) in [4.78, 5) is 24.2. The second-order valence-electron chi connectivity index (χ2n) is 7.01. The maximum Gasteiger partial charge on any atom is 0.269 e. The first-order chi connectivity index (χ1) is 13.8. The first-order valence-corrected chi connectivity index (χ1v) is 10.6. The Morgan fingerprint density at radius 3 is 2.38 bits per heavy atom. The number of Topliss-reactive ketones (excluding diaryl/α,β-unsaturated/α-hetero) is 1. The molecule has 1 aromatic heterocycles. The van der Waals surface area contributed by atoms with Gasteiger partial charge in [-0.25, -0.2) is 0 Å². The minimum atomic E-state index is -0.416. The zero-order chi connectivity index (χ0) is 21.4. The number of non-ortho nitro benzene ring substituents is 1. The second kappa shape index (κ2) is 10.7. The van der Waals surface area contributed by atoms with Gasteiger partial charge in [0, 0.05) is 21.9 Å². The number of benzene rings is 1. The first-order valence-electron chi connectivity index (χ1n) is 9.79. The number of rotatable bonds is 10. The van der Waals surface area contributed by atoms with Crippen LogP contribution in [0.25, 0.3) is 17.7 Å². The summed E-state index contributed by atoms with van der Waals surface area (Å²) in [5.41, 5.74) is 2.44. The molecule has 0 aliphatic heterocycles. The van der Waals surface area contributed by atoms with Gasteiger partial charge in [-0.2, -0.15) is 0 Å². The fraction of sp³-hybridized carbons (Fsp3) is 0.348. The maximum atomic E-state index is 12.0. The summed E-state index contributed by atoms with van der Waals surface area (Å²) in [7, 11) is 0. The van der Waals surface area contributed by atoms with Crippen LogP contribution in [0.5, 0.6) is 0 Å². The molecule has 0 unspecified atom stereocenters. The lowest BCUT2D eigenvalue weighted by Gasteiger charge is -2.01. The van der Waals surface area contributed by atoms with Crippen molar-refractivity contribution in [3.8, 4) is 0 Å². The van der Waals surface area contributed by atoms with Crippen LogP contribution in [0, 0.1) is 10.1 Å². The number of hydrogen-bond donors (Lipinski definition) is 1. The van der Waals surface area contributed by atoms with Gasteiger partial charge in [0.25, 0.3) is 5.69 Å². The highest BCUT2D eigenvalue weighted by atomic mass is 32.1. The van der Waals surface area contributed by atoms with Crippen LogP contribution in [-0.2, 0) is 11.2 Å². The van der Waals surface area contributed by atoms with E-state index in [0.717, 1.165) is 40.1 Å². The fourth-order valence-corrected chi connectivity index (χ4v) is 4.39. The lowest BCUT2D eigenvalue weighted by Crippen LogP contribution is -1.97. The van der Waals surface area contributed by atoms with E-state index in [2.05, 4.69) is 6.92 Å². The molecule has 2 rings (SSSR count). The van der Waals surface area contributed by atoms with Crippen LogP contribution in [0.2, 0.25) is 0 Å². The van der Waals surface area contributed by atoms with E-state index < -0.39 is 4.92 Å². The molecule has 0 fully saturated rings. The number of aryl methyl sites for hydroxylation is 1. The van der Waals surface area contributed by atoms with Gasteiger partial charge in [-0.15, -0.1) is 11.3 Å². The van der Waals surface area contributed by atoms with Gasteiger partial charge in [0.15, 0.2) is 5.78 Å². The quantitative estimate of drug-likeness (QED) is 0.152. The molecular weight excluding hydrogens is 386 g/mol. The topological polar surface area (TPSA) is 80.4 Å². The van der Waals surface area contributed by atoms with E-state index >= 15 is 0 Å². The predicted molar refractivity (Wildman–Crippen MR) is 120 cm³/mol. The third-order valence-electron chi connectivity index (χ3n) is 4.63. The van der Waals surface area contributed by atoms with E-state index in [0.29, 0.717) is 5.57 Å². The number of nitrogens with zero attached hydrogens (tertiary/aromatic N) is 1. The van der Waals surface area contributed by atoms with Crippen molar-refractivity contribution in [1.29, 1.82) is 0 Å². The largest absolute Gasteiger partial charge is 0.512 e. The number of nitro groups is 1. The summed E-state index contributed by atoms with van der Waals surface area (Å²) >= 11 is 1.48. The summed E-state index contributed by atoms with van der Waals surface area (Å²) in [5, 5.41) is 20.7. The number of hydrogen-bond acceptors (Lipinski definition) is 5. The average Bonchev–Trinajstić information content (AvgIpc) is 3.05. The zero-order valence-electron chi connectivity index (χ0n) is 17.1. The van der Waals surface area contributed by atoms with Gasteiger partial charge >= 0.3 is 0 Å². The number of thiophene rings is 1. The van der Waals surface area contributed by atoms with Gasteiger partial charge in [0.05, 0.1) is 10.5 Å². The third-order valence-corrected chi connectivity index (χ3v) is 5.79. The van der Waals surface area contributed by atoms with Crippen LogP contribution in [0.4, 0.5) is 5.69 Å². The van der Waals surface area contributed by atoms with E-state index in [4.69, 9.17) is 0 Å². The Morgan fingerprint density at radius 1 is 1.14 bits per heavy atom. The van der Waals surface area contributed by atoms with E-state index in [-0.39, 0.29) is 17.2 Å². The second-order valence-corrected chi connectivity index (χ2v) is 8.09. The Morgan fingerprint density at radius 2 is 1.83 bits per heavy atom. The number of allylic oxidation sites excluding steroid dienone is 2. The molecule has 0 saturated carbocycles. The third kappa shape index (κ3) is 6.39. The first kappa shape index (κ1) is 22.6. The van der Waals surface area contributed by atoms with Crippen LogP contribution in [-0.4, -0.2) is 15.8 Å². The van der Waals surface area contributed by atoms with Crippen LogP contribution < -0.4 is 0 Å². The number of carbonyl (C=O) groups excluding carboxylic acids is 1. The molecule has 0 radical (unpaired) electrons. The SMILES string of the molecule is CCCCCCc1cc(/C(C(C)=O)=C(\C)O)sc1/C=C/c1ccc([N+](=O)[O-])cc1. The van der Waals surface area contributed by atoms with Gasteiger partial charge in [-0.3, -0.25) is 14.9 Å². The molecule has 0 amide bonds. The van der Waals surface area contributed by atoms with Crippen molar-refractivity contribution in [3.63, 3.8) is 0 Å². The molecular formula is C23H27NO4S. The van der Waals surface area contributed by atoms with E-state index in [1.807, 2.05) is 18.2 Å². The number of aliphatic hydroxyl groups excluding tert-OH is 1. The molecule has 1 N–H and O–H groups in total. The lowest BCUT2D eigenvalue weighted by molar-refractivity contribution is -0.384. The molecule has 29 heavy (non-hydrogen) atoms. The van der Waals surface area contributed by atoms with Gasteiger partial charge < -0.3 is 5.11 Å². The zero-order valence-corrected chi connectivity index (χ0v) is 17.9. The highest BCUT2D eigenvalue weighted by molar-refractivity contribution is 7.14. The molecule has 0 saturated heterocycles. The van der Waals surface area contributed by atoms with Crippen molar-refractivity contribution in [2.24, 2.45) is 0 Å². The average molecular weight is 414 g/mol.